The Bertz CT molecular complexity index is 391. The molecular formula is C15H25N3. The van der Waals surface area contributed by atoms with Crippen molar-refractivity contribution in [2.75, 3.05) is 38.1 Å². The summed E-state index contributed by atoms with van der Waals surface area (Å²) in [6, 6.07) is 9.22. The predicted octanol–water partition coefficient (Wildman–Crippen LogP) is 1.71. The molecule has 0 aliphatic carbocycles. The highest BCUT2D eigenvalue weighted by atomic mass is 15.2. The molecule has 3 heteroatoms. The molecule has 1 aliphatic rings. The molecule has 0 aromatic heterocycles. The van der Waals surface area contributed by atoms with Crippen LogP contribution in [0.15, 0.2) is 24.3 Å². The predicted molar refractivity (Wildman–Crippen MR) is 78.0 cm³/mol. The van der Waals surface area contributed by atoms with E-state index < -0.39 is 0 Å². The number of nitrogens with two attached hydrogens (primary N) is 1. The molecule has 2 rings (SSSR count). The van der Waals surface area contributed by atoms with E-state index in [2.05, 4.69) is 55.0 Å². The average Bonchev–Trinajstić information content (AvgIpc) is 2.47. The molecule has 2 unspecified atom stereocenters. The number of nitrogens with zero attached hydrogens (tertiary/aromatic N) is 2. The van der Waals surface area contributed by atoms with Gasteiger partial charge in [0.2, 0.25) is 0 Å². The number of hydrogen-bond acceptors (Lipinski definition) is 3. The van der Waals surface area contributed by atoms with Crippen LogP contribution in [0.25, 0.3) is 0 Å². The fraction of sp³-hybridized carbons (Fsp3) is 0.600. The maximum absolute atomic E-state index is 5.91. The third kappa shape index (κ3) is 3.03. The minimum absolute atomic E-state index is 0.454. The van der Waals surface area contributed by atoms with Crippen LogP contribution < -0.4 is 10.6 Å². The Morgan fingerprint density at radius 3 is 2.72 bits per heavy atom. The monoisotopic (exact) mass is 247 g/mol. The molecule has 0 amide bonds. The van der Waals surface area contributed by atoms with Crippen LogP contribution in [0, 0.1) is 12.8 Å². The van der Waals surface area contributed by atoms with Gasteiger partial charge in [0.15, 0.2) is 0 Å². The van der Waals surface area contributed by atoms with Gasteiger partial charge >= 0.3 is 0 Å². The van der Waals surface area contributed by atoms with Crippen molar-refractivity contribution in [3.8, 4) is 0 Å². The zero-order chi connectivity index (χ0) is 13.1. The van der Waals surface area contributed by atoms with E-state index in [9.17, 15) is 0 Å². The van der Waals surface area contributed by atoms with E-state index in [1.807, 2.05) is 0 Å². The van der Waals surface area contributed by atoms with Crippen molar-refractivity contribution in [2.24, 2.45) is 11.7 Å². The lowest BCUT2D eigenvalue weighted by Gasteiger charge is -2.29. The molecular weight excluding hydrogens is 222 g/mol. The Balaban J connectivity index is 2.21. The molecule has 18 heavy (non-hydrogen) atoms. The quantitative estimate of drug-likeness (QED) is 0.863. The molecule has 1 fully saturated rings. The van der Waals surface area contributed by atoms with E-state index in [1.165, 1.54) is 11.3 Å². The first-order valence-electron chi connectivity index (χ1n) is 6.82. The lowest BCUT2D eigenvalue weighted by molar-refractivity contribution is 0.244. The second-order valence-electron chi connectivity index (χ2n) is 5.68. The Labute approximate surface area is 111 Å². The fourth-order valence-electron chi connectivity index (χ4n) is 2.83. The Kier molecular flexibility index (Phi) is 4.25. The van der Waals surface area contributed by atoms with Gasteiger partial charge in [-0.1, -0.05) is 19.1 Å². The molecule has 100 valence electrons. The maximum atomic E-state index is 5.91. The highest BCUT2D eigenvalue weighted by molar-refractivity contribution is 5.48. The molecule has 1 aliphatic heterocycles. The minimum atomic E-state index is 0.454. The van der Waals surface area contributed by atoms with Crippen molar-refractivity contribution >= 4 is 5.69 Å². The van der Waals surface area contributed by atoms with E-state index in [0.717, 1.165) is 26.2 Å². The summed E-state index contributed by atoms with van der Waals surface area (Å²) < 4.78 is 0. The first-order valence-corrected chi connectivity index (χ1v) is 6.82. The van der Waals surface area contributed by atoms with Crippen LogP contribution in [-0.2, 0) is 0 Å². The van der Waals surface area contributed by atoms with Crippen LogP contribution in [0.5, 0.6) is 0 Å². The van der Waals surface area contributed by atoms with Crippen molar-refractivity contribution < 1.29 is 0 Å². The van der Waals surface area contributed by atoms with Gasteiger partial charge in [-0.05, 0) is 37.6 Å². The number of rotatable bonds is 2. The molecule has 2 atom stereocenters. The van der Waals surface area contributed by atoms with E-state index in [0.29, 0.717) is 12.0 Å². The van der Waals surface area contributed by atoms with Gasteiger partial charge in [0, 0.05) is 37.9 Å². The van der Waals surface area contributed by atoms with Crippen molar-refractivity contribution in [1.82, 2.24) is 4.90 Å². The summed E-state index contributed by atoms with van der Waals surface area (Å²) in [5.41, 5.74) is 8.56. The standard InChI is InChI=1S/C15H25N3/c1-12-5-4-6-14(7-12)18-10-13(2)9-17(3)15(8-16)11-18/h4-7,13,15H,8-11,16H2,1-3H3. The first-order chi connectivity index (χ1) is 8.60. The van der Waals surface area contributed by atoms with Gasteiger partial charge in [-0.15, -0.1) is 0 Å². The van der Waals surface area contributed by atoms with Crippen LogP contribution in [0.3, 0.4) is 0 Å². The summed E-state index contributed by atoms with van der Waals surface area (Å²) in [6.07, 6.45) is 0. The highest BCUT2D eigenvalue weighted by Gasteiger charge is 2.24. The number of benzene rings is 1. The van der Waals surface area contributed by atoms with Crippen molar-refractivity contribution in [3.05, 3.63) is 29.8 Å². The summed E-state index contributed by atoms with van der Waals surface area (Å²) in [5.74, 6) is 0.673. The largest absolute Gasteiger partial charge is 0.370 e. The minimum Gasteiger partial charge on any atom is -0.370 e. The lowest BCUT2D eigenvalue weighted by atomic mass is 10.1. The SMILES string of the molecule is Cc1cccc(N2CC(C)CN(C)C(CN)C2)c1. The van der Waals surface area contributed by atoms with E-state index in [4.69, 9.17) is 5.73 Å². The van der Waals surface area contributed by atoms with Crippen LogP contribution in [0.1, 0.15) is 12.5 Å². The molecule has 2 N–H and O–H groups in total. The fourth-order valence-corrected chi connectivity index (χ4v) is 2.83. The maximum Gasteiger partial charge on any atom is 0.0390 e. The molecule has 0 bridgehead atoms. The van der Waals surface area contributed by atoms with Gasteiger partial charge in [-0.25, -0.2) is 0 Å². The second-order valence-corrected chi connectivity index (χ2v) is 5.68. The van der Waals surface area contributed by atoms with E-state index in [1.54, 1.807) is 0 Å². The summed E-state index contributed by atoms with van der Waals surface area (Å²) in [7, 11) is 2.19. The molecule has 3 nitrogen and oxygen atoms in total. The molecule has 0 spiro atoms. The van der Waals surface area contributed by atoms with Gasteiger partial charge < -0.3 is 15.5 Å². The number of anilines is 1. The van der Waals surface area contributed by atoms with Gasteiger partial charge in [-0.2, -0.15) is 0 Å². The summed E-state index contributed by atoms with van der Waals surface area (Å²) >= 11 is 0. The molecule has 1 aromatic carbocycles. The van der Waals surface area contributed by atoms with Crippen LogP contribution in [0.4, 0.5) is 5.69 Å². The van der Waals surface area contributed by atoms with Crippen LogP contribution >= 0.6 is 0 Å². The van der Waals surface area contributed by atoms with Gasteiger partial charge in [0.05, 0.1) is 0 Å². The smallest absolute Gasteiger partial charge is 0.0390 e. The number of likely N-dealkylation sites (N-methyl/N-ethyl adjacent to an activating group) is 1. The zero-order valence-electron chi connectivity index (χ0n) is 11.8. The molecule has 0 radical (unpaired) electrons. The van der Waals surface area contributed by atoms with Crippen LogP contribution in [0.2, 0.25) is 0 Å². The normalized spacial score (nSPS) is 26.1. The molecule has 1 heterocycles. The van der Waals surface area contributed by atoms with Crippen LogP contribution in [-0.4, -0.2) is 44.2 Å². The molecule has 1 saturated heterocycles. The Morgan fingerprint density at radius 2 is 2.06 bits per heavy atom. The zero-order valence-corrected chi connectivity index (χ0v) is 11.8. The third-order valence-corrected chi connectivity index (χ3v) is 3.83. The first kappa shape index (κ1) is 13.4. The lowest BCUT2D eigenvalue weighted by Crippen LogP contribution is -2.43. The summed E-state index contributed by atoms with van der Waals surface area (Å²) in [4.78, 5) is 4.89. The highest BCUT2D eigenvalue weighted by Crippen LogP contribution is 2.21. The van der Waals surface area contributed by atoms with Gasteiger partial charge in [0.25, 0.3) is 0 Å². The third-order valence-electron chi connectivity index (χ3n) is 3.83. The Hall–Kier alpha value is -1.06. The topological polar surface area (TPSA) is 32.5 Å². The van der Waals surface area contributed by atoms with Gasteiger partial charge in [0.1, 0.15) is 0 Å². The van der Waals surface area contributed by atoms with Gasteiger partial charge in [-0.3, -0.25) is 0 Å². The summed E-state index contributed by atoms with van der Waals surface area (Å²) in [5, 5.41) is 0. The number of aryl methyl sites for hydroxylation is 1. The number of hydrogen-bond donors (Lipinski definition) is 1. The second kappa shape index (κ2) is 5.72. The summed E-state index contributed by atoms with van der Waals surface area (Å²) in [6.45, 7) is 8.47. The molecule has 0 saturated carbocycles. The Morgan fingerprint density at radius 1 is 1.28 bits per heavy atom. The van der Waals surface area contributed by atoms with E-state index in [-0.39, 0.29) is 0 Å². The average molecular weight is 247 g/mol. The molecule has 1 aromatic rings. The van der Waals surface area contributed by atoms with Crippen molar-refractivity contribution in [3.63, 3.8) is 0 Å². The van der Waals surface area contributed by atoms with E-state index >= 15 is 0 Å². The van der Waals surface area contributed by atoms with Crippen molar-refractivity contribution in [2.45, 2.75) is 19.9 Å². The van der Waals surface area contributed by atoms with Crippen molar-refractivity contribution in [1.29, 1.82) is 0 Å².